The molecule has 3 atom stereocenters. The van der Waals surface area contributed by atoms with Crippen molar-refractivity contribution >= 4 is 11.9 Å². The van der Waals surface area contributed by atoms with Crippen LogP contribution in [-0.4, -0.2) is 27.7 Å². The number of aliphatic carboxylic acids is 2. The van der Waals surface area contributed by atoms with Gasteiger partial charge >= 0.3 is 11.9 Å². The van der Waals surface area contributed by atoms with E-state index in [4.69, 9.17) is 10.8 Å². The molecule has 0 heterocycles. The number of halogens is 1. The molecule has 1 aliphatic rings. The first-order chi connectivity index (χ1) is 9.36. The molecule has 5 nitrogen and oxygen atoms in total. The fourth-order valence-electron chi connectivity index (χ4n) is 2.53. The first kappa shape index (κ1) is 14.5. The number of nitrogens with two attached hydrogens (primary N) is 1. The Hall–Kier alpha value is -1.95. The van der Waals surface area contributed by atoms with Gasteiger partial charge in [-0.25, -0.2) is 4.39 Å². The summed E-state index contributed by atoms with van der Waals surface area (Å²) in [5.41, 5.74) is 4.65. The topological polar surface area (TPSA) is 101 Å². The van der Waals surface area contributed by atoms with Crippen LogP contribution in [0.15, 0.2) is 24.3 Å². The Bertz CT molecular complexity index is 548. The Kier molecular flexibility index (Phi) is 3.76. The third-order valence-corrected chi connectivity index (χ3v) is 3.93. The van der Waals surface area contributed by atoms with Crippen LogP contribution in [-0.2, 0) is 16.0 Å². The summed E-state index contributed by atoms with van der Waals surface area (Å²) in [7, 11) is 0. The highest BCUT2D eigenvalue weighted by Crippen LogP contribution is 2.47. The van der Waals surface area contributed by atoms with Gasteiger partial charge in [0.05, 0.1) is 5.92 Å². The quantitative estimate of drug-likeness (QED) is 0.728. The molecule has 0 radical (unpaired) electrons. The van der Waals surface area contributed by atoms with Crippen molar-refractivity contribution < 1.29 is 24.2 Å². The molecule has 6 heteroatoms. The second-order valence-electron chi connectivity index (χ2n) is 5.22. The minimum Gasteiger partial charge on any atom is -0.481 e. The molecular weight excluding hydrogens is 265 g/mol. The van der Waals surface area contributed by atoms with Gasteiger partial charge < -0.3 is 15.9 Å². The van der Waals surface area contributed by atoms with Crippen molar-refractivity contribution in [3.05, 3.63) is 35.6 Å². The van der Waals surface area contributed by atoms with Gasteiger partial charge in [-0.15, -0.1) is 0 Å². The summed E-state index contributed by atoms with van der Waals surface area (Å²) in [6.45, 7) is 0. The van der Waals surface area contributed by atoms with Crippen molar-refractivity contribution in [3.8, 4) is 0 Å². The molecule has 0 aromatic heterocycles. The zero-order valence-corrected chi connectivity index (χ0v) is 10.8. The summed E-state index contributed by atoms with van der Waals surface area (Å²) in [5, 5.41) is 18.2. The van der Waals surface area contributed by atoms with Crippen LogP contribution in [0.3, 0.4) is 0 Å². The Morgan fingerprint density at radius 1 is 1.35 bits per heavy atom. The van der Waals surface area contributed by atoms with Crippen molar-refractivity contribution in [2.24, 2.45) is 17.6 Å². The van der Waals surface area contributed by atoms with Crippen LogP contribution in [0.25, 0.3) is 0 Å². The molecule has 108 valence electrons. The molecule has 0 amide bonds. The van der Waals surface area contributed by atoms with Crippen LogP contribution in [0.1, 0.15) is 18.4 Å². The highest BCUT2D eigenvalue weighted by atomic mass is 19.1. The molecule has 0 aliphatic heterocycles. The first-order valence-electron chi connectivity index (χ1n) is 6.34. The summed E-state index contributed by atoms with van der Waals surface area (Å²) < 4.78 is 13.5. The van der Waals surface area contributed by atoms with Gasteiger partial charge in [-0.3, -0.25) is 9.59 Å². The van der Waals surface area contributed by atoms with Gasteiger partial charge in [0, 0.05) is 5.92 Å². The zero-order valence-electron chi connectivity index (χ0n) is 10.8. The normalized spacial score (nSPS) is 23.9. The highest BCUT2D eigenvalue weighted by Gasteiger charge is 2.58. The zero-order chi connectivity index (χ0) is 14.9. The summed E-state index contributed by atoms with van der Waals surface area (Å²) in [5.74, 6) is -3.98. The summed E-state index contributed by atoms with van der Waals surface area (Å²) >= 11 is 0. The van der Waals surface area contributed by atoms with E-state index in [1.807, 2.05) is 0 Å². The molecule has 1 saturated carbocycles. The maximum absolute atomic E-state index is 13.5. The Morgan fingerprint density at radius 3 is 2.50 bits per heavy atom. The summed E-state index contributed by atoms with van der Waals surface area (Å²) in [4.78, 5) is 22.2. The molecule has 1 aromatic carbocycles. The Balaban J connectivity index is 2.09. The van der Waals surface area contributed by atoms with Crippen LogP contribution in [0.4, 0.5) is 4.39 Å². The Labute approximate surface area is 115 Å². The van der Waals surface area contributed by atoms with E-state index >= 15 is 0 Å². The predicted octanol–water partition coefficient (Wildman–Crippen LogP) is 1.26. The van der Waals surface area contributed by atoms with Gasteiger partial charge in [-0.05, 0) is 30.9 Å². The molecular formula is C14H16FNO4. The molecule has 0 saturated heterocycles. The lowest BCUT2D eigenvalue weighted by atomic mass is 9.86. The lowest BCUT2D eigenvalue weighted by molar-refractivity contribution is -0.145. The number of carboxylic acids is 2. The van der Waals surface area contributed by atoms with Crippen LogP contribution < -0.4 is 5.73 Å². The molecule has 0 bridgehead atoms. The van der Waals surface area contributed by atoms with Crippen molar-refractivity contribution in [1.82, 2.24) is 0 Å². The second-order valence-corrected chi connectivity index (χ2v) is 5.22. The average molecular weight is 281 g/mol. The third-order valence-electron chi connectivity index (χ3n) is 3.93. The number of aryl methyl sites for hydroxylation is 1. The lowest BCUT2D eigenvalue weighted by Gasteiger charge is -2.25. The second kappa shape index (κ2) is 5.20. The van der Waals surface area contributed by atoms with Crippen LogP contribution in [0, 0.1) is 17.7 Å². The number of hydrogen-bond acceptors (Lipinski definition) is 3. The smallest absolute Gasteiger partial charge is 0.324 e. The molecule has 2 rings (SSSR count). The molecule has 20 heavy (non-hydrogen) atoms. The number of benzene rings is 1. The minimum atomic E-state index is -1.62. The minimum absolute atomic E-state index is 0.0116. The highest BCUT2D eigenvalue weighted by molar-refractivity contribution is 5.83. The molecule has 3 unspecified atom stereocenters. The van der Waals surface area contributed by atoms with E-state index < -0.39 is 35.1 Å². The van der Waals surface area contributed by atoms with Crippen LogP contribution in [0.2, 0.25) is 0 Å². The number of carbonyl (C=O) groups is 2. The molecule has 1 aliphatic carbocycles. The predicted molar refractivity (Wildman–Crippen MR) is 68.5 cm³/mol. The van der Waals surface area contributed by atoms with Gasteiger partial charge in [-0.2, -0.15) is 0 Å². The monoisotopic (exact) mass is 281 g/mol. The Morgan fingerprint density at radius 2 is 2.00 bits per heavy atom. The summed E-state index contributed by atoms with van der Waals surface area (Å²) in [6.07, 6.45) is 0.436. The van der Waals surface area contributed by atoms with Gasteiger partial charge in [0.15, 0.2) is 0 Å². The summed E-state index contributed by atoms with van der Waals surface area (Å²) in [6, 6.07) is 6.08. The average Bonchev–Trinajstić information content (AvgIpc) is 3.18. The molecule has 0 spiro atoms. The van der Waals surface area contributed by atoms with Crippen molar-refractivity contribution in [1.29, 1.82) is 0 Å². The standard InChI is InChI=1S/C14H16FNO4/c15-11-4-2-1-3-8(11)5-6-14(16,13(19)20)10-7-9(10)12(17)18/h1-4,9-10H,5-7,16H2,(H,17,18)(H,19,20). The maximum atomic E-state index is 13.5. The van der Waals surface area contributed by atoms with E-state index in [1.165, 1.54) is 6.07 Å². The first-order valence-corrected chi connectivity index (χ1v) is 6.34. The van der Waals surface area contributed by atoms with E-state index in [2.05, 4.69) is 0 Å². The van der Waals surface area contributed by atoms with Gasteiger partial charge in [0.2, 0.25) is 0 Å². The SMILES string of the molecule is NC(CCc1ccccc1F)(C(=O)O)C1CC1C(=O)O. The number of carboxylic acid groups (broad SMARTS) is 2. The van der Waals surface area contributed by atoms with Crippen molar-refractivity contribution in [2.45, 2.75) is 24.8 Å². The fraction of sp³-hybridized carbons (Fsp3) is 0.429. The van der Waals surface area contributed by atoms with E-state index in [-0.39, 0.29) is 19.3 Å². The number of rotatable bonds is 6. The maximum Gasteiger partial charge on any atom is 0.324 e. The molecule has 1 fully saturated rings. The van der Waals surface area contributed by atoms with E-state index in [0.29, 0.717) is 5.56 Å². The third kappa shape index (κ3) is 2.65. The van der Waals surface area contributed by atoms with E-state index in [0.717, 1.165) is 0 Å². The van der Waals surface area contributed by atoms with Gasteiger partial charge in [0.25, 0.3) is 0 Å². The van der Waals surface area contributed by atoms with Crippen molar-refractivity contribution in [2.75, 3.05) is 0 Å². The fourth-order valence-corrected chi connectivity index (χ4v) is 2.53. The molecule has 1 aromatic rings. The van der Waals surface area contributed by atoms with Crippen molar-refractivity contribution in [3.63, 3.8) is 0 Å². The van der Waals surface area contributed by atoms with Crippen LogP contribution in [0.5, 0.6) is 0 Å². The number of hydrogen-bond donors (Lipinski definition) is 3. The van der Waals surface area contributed by atoms with Crippen LogP contribution >= 0.6 is 0 Å². The van der Waals surface area contributed by atoms with E-state index in [9.17, 15) is 19.1 Å². The lowest BCUT2D eigenvalue weighted by Crippen LogP contribution is -2.51. The molecule has 4 N–H and O–H groups in total. The van der Waals surface area contributed by atoms with E-state index in [1.54, 1.807) is 18.2 Å². The largest absolute Gasteiger partial charge is 0.481 e. The van der Waals surface area contributed by atoms with Gasteiger partial charge in [-0.1, -0.05) is 18.2 Å². The van der Waals surface area contributed by atoms with Gasteiger partial charge in [0.1, 0.15) is 11.4 Å².